The standard InChI is InChI=1S/C18H20N4O2/c1-12(2)14-5-3-13(4-6-14)11-24-18(23)16-9-7-15(8-10-16)17-19-21-22-20-17/h3,7-10,14H,1,4-6,11H2,2H3,(H,19,20,21,22). The third-order valence-electron chi connectivity index (χ3n) is 4.31. The Bertz CT molecular complexity index is 748. The molecule has 1 heterocycles. The van der Waals surface area contributed by atoms with Crippen molar-refractivity contribution in [3.05, 3.63) is 53.6 Å². The van der Waals surface area contributed by atoms with E-state index in [2.05, 4.69) is 40.2 Å². The molecule has 1 atom stereocenters. The molecular weight excluding hydrogens is 304 g/mol. The molecule has 1 aliphatic rings. The molecular formula is C18H20N4O2. The number of ether oxygens (including phenoxy) is 1. The zero-order chi connectivity index (χ0) is 16.9. The average Bonchev–Trinajstić information content (AvgIpc) is 3.15. The van der Waals surface area contributed by atoms with Crippen LogP contribution in [0.3, 0.4) is 0 Å². The van der Waals surface area contributed by atoms with Crippen LogP contribution < -0.4 is 0 Å². The fourth-order valence-electron chi connectivity index (χ4n) is 2.75. The second kappa shape index (κ2) is 7.21. The highest BCUT2D eigenvalue weighted by Crippen LogP contribution is 2.28. The van der Waals surface area contributed by atoms with Crippen molar-refractivity contribution >= 4 is 5.97 Å². The number of rotatable bonds is 5. The zero-order valence-corrected chi connectivity index (χ0v) is 13.7. The van der Waals surface area contributed by atoms with Crippen molar-refractivity contribution in [2.24, 2.45) is 5.92 Å². The lowest BCUT2D eigenvalue weighted by Gasteiger charge is -2.22. The summed E-state index contributed by atoms with van der Waals surface area (Å²) in [6.45, 7) is 6.44. The summed E-state index contributed by atoms with van der Waals surface area (Å²) in [4.78, 5) is 12.1. The summed E-state index contributed by atoms with van der Waals surface area (Å²) in [5.41, 5.74) is 3.72. The van der Waals surface area contributed by atoms with Gasteiger partial charge in [-0.25, -0.2) is 4.79 Å². The van der Waals surface area contributed by atoms with Gasteiger partial charge in [-0.1, -0.05) is 30.4 Å². The summed E-state index contributed by atoms with van der Waals surface area (Å²) < 4.78 is 5.41. The molecule has 6 heteroatoms. The highest BCUT2D eigenvalue weighted by atomic mass is 16.5. The Morgan fingerprint density at radius 2 is 2.17 bits per heavy atom. The minimum absolute atomic E-state index is 0.322. The van der Waals surface area contributed by atoms with E-state index in [0.717, 1.165) is 24.8 Å². The van der Waals surface area contributed by atoms with Crippen LogP contribution in [0.4, 0.5) is 0 Å². The predicted octanol–water partition coefficient (Wildman–Crippen LogP) is 3.33. The van der Waals surface area contributed by atoms with Gasteiger partial charge in [0.2, 0.25) is 5.82 Å². The van der Waals surface area contributed by atoms with Gasteiger partial charge in [-0.15, -0.1) is 10.2 Å². The minimum Gasteiger partial charge on any atom is -0.458 e. The van der Waals surface area contributed by atoms with Crippen LogP contribution in [0.2, 0.25) is 0 Å². The van der Waals surface area contributed by atoms with Crippen LogP contribution in [-0.2, 0) is 4.74 Å². The van der Waals surface area contributed by atoms with E-state index >= 15 is 0 Å². The first kappa shape index (κ1) is 16.1. The van der Waals surface area contributed by atoms with E-state index in [1.807, 2.05) is 0 Å². The number of esters is 1. The maximum absolute atomic E-state index is 12.1. The van der Waals surface area contributed by atoms with E-state index in [1.54, 1.807) is 24.3 Å². The molecule has 0 fully saturated rings. The number of H-pyrrole nitrogens is 1. The molecule has 3 rings (SSSR count). The molecule has 24 heavy (non-hydrogen) atoms. The smallest absolute Gasteiger partial charge is 0.338 e. The number of nitrogens with zero attached hydrogens (tertiary/aromatic N) is 3. The number of hydrogen-bond donors (Lipinski definition) is 1. The van der Waals surface area contributed by atoms with Gasteiger partial charge in [0.15, 0.2) is 0 Å². The molecule has 2 aromatic rings. The van der Waals surface area contributed by atoms with Crippen LogP contribution in [0.5, 0.6) is 0 Å². The number of carbonyl (C=O) groups excluding carboxylic acids is 1. The Kier molecular flexibility index (Phi) is 4.84. The second-order valence-electron chi connectivity index (χ2n) is 6.07. The number of benzene rings is 1. The highest BCUT2D eigenvalue weighted by Gasteiger charge is 2.16. The highest BCUT2D eigenvalue weighted by molar-refractivity contribution is 5.90. The number of allylic oxidation sites excluding steroid dienone is 2. The monoisotopic (exact) mass is 324 g/mol. The fourth-order valence-corrected chi connectivity index (χ4v) is 2.75. The number of tetrazole rings is 1. The van der Waals surface area contributed by atoms with Crippen molar-refractivity contribution in [2.45, 2.75) is 26.2 Å². The molecule has 1 aromatic carbocycles. The number of nitrogens with one attached hydrogen (secondary N) is 1. The van der Waals surface area contributed by atoms with E-state index < -0.39 is 0 Å². The summed E-state index contributed by atoms with van der Waals surface area (Å²) in [6.07, 6.45) is 5.21. The van der Waals surface area contributed by atoms with Crippen LogP contribution in [-0.4, -0.2) is 33.2 Å². The van der Waals surface area contributed by atoms with Crippen LogP contribution in [0.15, 0.2) is 48.1 Å². The Morgan fingerprint density at radius 3 is 2.75 bits per heavy atom. The van der Waals surface area contributed by atoms with E-state index in [1.165, 1.54) is 11.1 Å². The third-order valence-corrected chi connectivity index (χ3v) is 4.31. The molecule has 6 nitrogen and oxygen atoms in total. The van der Waals surface area contributed by atoms with E-state index in [0.29, 0.717) is 23.9 Å². The van der Waals surface area contributed by atoms with Gasteiger partial charge in [-0.2, -0.15) is 5.21 Å². The topological polar surface area (TPSA) is 80.8 Å². The van der Waals surface area contributed by atoms with Gasteiger partial charge in [0, 0.05) is 5.56 Å². The predicted molar refractivity (Wildman–Crippen MR) is 90.1 cm³/mol. The van der Waals surface area contributed by atoms with Gasteiger partial charge in [-0.3, -0.25) is 0 Å². The van der Waals surface area contributed by atoms with Gasteiger partial charge < -0.3 is 4.74 Å². The van der Waals surface area contributed by atoms with E-state index in [-0.39, 0.29) is 5.97 Å². The molecule has 0 saturated heterocycles. The van der Waals surface area contributed by atoms with Gasteiger partial charge >= 0.3 is 5.97 Å². The normalized spacial score (nSPS) is 17.2. The Balaban J connectivity index is 1.55. The molecule has 1 unspecified atom stereocenters. The molecule has 0 radical (unpaired) electrons. The maximum Gasteiger partial charge on any atom is 0.338 e. The second-order valence-corrected chi connectivity index (χ2v) is 6.07. The Hall–Kier alpha value is -2.76. The molecule has 0 saturated carbocycles. The van der Waals surface area contributed by atoms with Crippen LogP contribution in [0.1, 0.15) is 36.5 Å². The van der Waals surface area contributed by atoms with Gasteiger partial charge in [0.1, 0.15) is 6.61 Å². The minimum atomic E-state index is -0.322. The van der Waals surface area contributed by atoms with Crippen molar-refractivity contribution in [3.8, 4) is 11.4 Å². The summed E-state index contributed by atoms with van der Waals surface area (Å²) in [5, 5.41) is 13.7. The number of carbonyl (C=O) groups is 1. The molecule has 1 N–H and O–H groups in total. The lowest BCUT2D eigenvalue weighted by Crippen LogP contribution is -2.12. The van der Waals surface area contributed by atoms with Gasteiger partial charge in [0.25, 0.3) is 0 Å². The molecule has 1 aliphatic carbocycles. The number of aromatic nitrogens is 4. The SMILES string of the molecule is C=C(C)C1CC=C(COC(=O)c2ccc(-c3nn[nH]n3)cc2)CC1. The number of hydrogen-bond acceptors (Lipinski definition) is 5. The lowest BCUT2D eigenvalue weighted by atomic mass is 9.86. The van der Waals surface area contributed by atoms with Gasteiger partial charge in [0.05, 0.1) is 5.56 Å². The first-order chi connectivity index (χ1) is 11.6. The molecule has 0 bridgehead atoms. The number of aromatic amines is 1. The van der Waals surface area contributed by atoms with Crippen molar-refractivity contribution < 1.29 is 9.53 Å². The van der Waals surface area contributed by atoms with Crippen LogP contribution >= 0.6 is 0 Å². The molecule has 0 amide bonds. The van der Waals surface area contributed by atoms with E-state index in [4.69, 9.17) is 4.74 Å². The van der Waals surface area contributed by atoms with Crippen LogP contribution in [0.25, 0.3) is 11.4 Å². The lowest BCUT2D eigenvalue weighted by molar-refractivity contribution is 0.0535. The maximum atomic E-state index is 12.1. The zero-order valence-electron chi connectivity index (χ0n) is 13.7. The van der Waals surface area contributed by atoms with E-state index in [9.17, 15) is 4.79 Å². The fraction of sp³-hybridized carbons (Fsp3) is 0.333. The third kappa shape index (κ3) is 3.76. The Labute approximate surface area is 140 Å². The molecule has 1 aromatic heterocycles. The molecule has 0 aliphatic heterocycles. The molecule has 0 spiro atoms. The largest absolute Gasteiger partial charge is 0.458 e. The average molecular weight is 324 g/mol. The summed E-state index contributed by atoms with van der Waals surface area (Å²) in [6, 6.07) is 6.97. The van der Waals surface area contributed by atoms with Gasteiger partial charge in [-0.05, 0) is 55.0 Å². The summed E-state index contributed by atoms with van der Waals surface area (Å²) >= 11 is 0. The van der Waals surface area contributed by atoms with Crippen molar-refractivity contribution in [1.29, 1.82) is 0 Å². The first-order valence-electron chi connectivity index (χ1n) is 7.98. The Morgan fingerprint density at radius 1 is 1.38 bits per heavy atom. The molecule has 124 valence electrons. The quantitative estimate of drug-likeness (QED) is 0.674. The summed E-state index contributed by atoms with van der Waals surface area (Å²) in [7, 11) is 0. The van der Waals surface area contributed by atoms with Crippen molar-refractivity contribution in [1.82, 2.24) is 20.6 Å². The summed E-state index contributed by atoms with van der Waals surface area (Å²) in [5.74, 6) is 0.731. The van der Waals surface area contributed by atoms with Crippen molar-refractivity contribution in [2.75, 3.05) is 6.61 Å². The van der Waals surface area contributed by atoms with Crippen molar-refractivity contribution in [3.63, 3.8) is 0 Å². The van der Waals surface area contributed by atoms with Crippen LogP contribution in [0, 0.1) is 5.92 Å². The first-order valence-corrected chi connectivity index (χ1v) is 7.98.